The van der Waals surface area contributed by atoms with Crippen LogP contribution in [0.1, 0.15) is 12.8 Å². The molecule has 0 radical (unpaired) electrons. The van der Waals surface area contributed by atoms with Gasteiger partial charge in [-0.25, -0.2) is 13.1 Å². The van der Waals surface area contributed by atoms with E-state index >= 15 is 0 Å². The molecule has 32 heavy (non-hydrogen) atoms. The summed E-state index contributed by atoms with van der Waals surface area (Å²) in [5, 5.41) is 12.3. The number of carbonyl (C=O) groups is 1. The lowest BCUT2D eigenvalue weighted by Crippen LogP contribution is -2.50. The maximum Gasteiger partial charge on any atom is 0.243 e. The summed E-state index contributed by atoms with van der Waals surface area (Å²) in [6.45, 7) is 2.52. The van der Waals surface area contributed by atoms with Crippen molar-refractivity contribution in [1.82, 2.24) is 29.4 Å². The summed E-state index contributed by atoms with van der Waals surface area (Å²) in [6, 6.07) is 6.30. The Bertz CT molecular complexity index is 1020. The van der Waals surface area contributed by atoms with Gasteiger partial charge in [-0.15, -0.1) is 5.10 Å². The summed E-state index contributed by atoms with van der Waals surface area (Å²) < 4.78 is 39.5. The highest BCUT2D eigenvalue weighted by atomic mass is 32.2. The lowest BCUT2D eigenvalue weighted by molar-refractivity contribution is -0.129. The Kier molecular flexibility index (Phi) is 7.28. The number of amides is 1. The molecule has 2 fully saturated rings. The highest BCUT2D eigenvalue weighted by molar-refractivity contribution is 7.99. The quantitative estimate of drug-likeness (QED) is 0.495. The molecule has 1 aromatic carbocycles. The molecule has 0 spiro atoms. The SMILES string of the molecule is COc1ccc(S(=O)(=O)N2CCN(C(=O)CSc3nnnn3C[C@@H]3CCCO3)CC2)cc1. The minimum absolute atomic E-state index is 0.0665. The topological polar surface area (TPSA) is 120 Å². The van der Waals surface area contributed by atoms with Crippen molar-refractivity contribution in [2.45, 2.75) is 35.5 Å². The Morgan fingerprint density at radius 2 is 1.97 bits per heavy atom. The molecule has 0 bridgehead atoms. The number of methoxy groups -OCH3 is 1. The Morgan fingerprint density at radius 3 is 2.62 bits per heavy atom. The van der Waals surface area contributed by atoms with Crippen LogP contribution in [0, 0.1) is 0 Å². The van der Waals surface area contributed by atoms with E-state index in [4.69, 9.17) is 9.47 Å². The van der Waals surface area contributed by atoms with E-state index in [9.17, 15) is 13.2 Å². The zero-order valence-corrected chi connectivity index (χ0v) is 19.4. The van der Waals surface area contributed by atoms with Gasteiger partial charge in [-0.3, -0.25) is 4.79 Å². The zero-order chi connectivity index (χ0) is 22.6. The van der Waals surface area contributed by atoms with Crippen molar-refractivity contribution >= 4 is 27.7 Å². The third-order valence-electron chi connectivity index (χ3n) is 5.51. The standard InChI is InChI=1S/C19H26N6O5S2/c1-29-15-4-6-17(7-5-15)32(27,28)24-10-8-23(9-11-24)18(26)14-31-19-20-21-22-25(19)13-16-3-2-12-30-16/h4-7,16H,2-3,8-14H2,1H3/t16-/m0/s1. The van der Waals surface area contributed by atoms with Gasteiger partial charge in [0.05, 0.1) is 30.4 Å². The van der Waals surface area contributed by atoms with Crippen molar-refractivity contribution in [3.63, 3.8) is 0 Å². The van der Waals surface area contributed by atoms with E-state index in [0.29, 0.717) is 30.5 Å². The number of piperazine rings is 1. The van der Waals surface area contributed by atoms with Crippen LogP contribution in [0.2, 0.25) is 0 Å². The second-order valence-electron chi connectivity index (χ2n) is 7.53. The van der Waals surface area contributed by atoms with Gasteiger partial charge in [0.15, 0.2) is 0 Å². The fourth-order valence-electron chi connectivity index (χ4n) is 3.69. The van der Waals surface area contributed by atoms with Crippen molar-refractivity contribution in [2.24, 2.45) is 0 Å². The van der Waals surface area contributed by atoms with Crippen LogP contribution < -0.4 is 4.74 Å². The summed E-state index contributed by atoms with van der Waals surface area (Å²) in [5.41, 5.74) is 0. The molecule has 3 heterocycles. The van der Waals surface area contributed by atoms with Crippen molar-refractivity contribution in [3.8, 4) is 5.75 Å². The second-order valence-corrected chi connectivity index (χ2v) is 10.4. The molecule has 0 aliphatic carbocycles. The number of benzene rings is 1. The molecule has 4 rings (SSSR count). The summed E-state index contributed by atoms with van der Waals surface area (Å²) >= 11 is 1.28. The molecule has 0 unspecified atom stereocenters. The zero-order valence-electron chi connectivity index (χ0n) is 17.8. The lowest BCUT2D eigenvalue weighted by atomic mass is 10.2. The van der Waals surface area contributed by atoms with Crippen LogP contribution in [0.25, 0.3) is 0 Å². The van der Waals surface area contributed by atoms with Gasteiger partial charge in [0.25, 0.3) is 0 Å². The summed E-state index contributed by atoms with van der Waals surface area (Å²) in [5.74, 6) is 0.721. The average Bonchev–Trinajstić information content (AvgIpc) is 3.50. The predicted octanol–water partition coefficient (Wildman–Crippen LogP) is 0.486. The van der Waals surface area contributed by atoms with E-state index in [0.717, 1.165) is 19.4 Å². The molecule has 2 saturated heterocycles. The smallest absolute Gasteiger partial charge is 0.243 e. The molecule has 1 amide bonds. The van der Waals surface area contributed by atoms with Gasteiger partial charge in [0, 0.05) is 32.8 Å². The van der Waals surface area contributed by atoms with Gasteiger partial charge in [-0.2, -0.15) is 4.31 Å². The molecular weight excluding hydrogens is 456 g/mol. The number of ether oxygens (including phenoxy) is 2. The highest BCUT2D eigenvalue weighted by Gasteiger charge is 2.30. The summed E-state index contributed by atoms with van der Waals surface area (Å²) in [4.78, 5) is 14.6. The fraction of sp³-hybridized carbons (Fsp3) is 0.579. The second kappa shape index (κ2) is 10.1. The first kappa shape index (κ1) is 23.0. The van der Waals surface area contributed by atoms with Gasteiger partial charge in [0.1, 0.15) is 5.75 Å². The molecule has 0 saturated carbocycles. The molecule has 11 nitrogen and oxygen atoms in total. The van der Waals surface area contributed by atoms with Crippen molar-refractivity contribution in [1.29, 1.82) is 0 Å². The van der Waals surface area contributed by atoms with Crippen LogP contribution in [0.3, 0.4) is 0 Å². The molecule has 1 aromatic heterocycles. The van der Waals surface area contributed by atoms with Gasteiger partial charge in [0.2, 0.25) is 21.1 Å². The summed E-state index contributed by atoms with van der Waals surface area (Å²) in [7, 11) is -2.08. The number of aromatic nitrogens is 4. The van der Waals surface area contributed by atoms with E-state index in [-0.39, 0.29) is 35.7 Å². The van der Waals surface area contributed by atoms with Crippen LogP contribution >= 0.6 is 11.8 Å². The number of hydrogen-bond donors (Lipinski definition) is 0. The van der Waals surface area contributed by atoms with Crippen molar-refractivity contribution < 1.29 is 22.7 Å². The summed E-state index contributed by atoms with van der Waals surface area (Å²) in [6.07, 6.45) is 2.12. The molecular formula is C19H26N6O5S2. The van der Waals surface area contributed by atoms with Crippen LogP contribution in [0.15, 0.2) is 34.3 Å². The van der Waals surface area contributed by atoms with Gasteiger partial charge in [-0.1, -0.05) is 11.8 Å². The maximum absolute atomic E-state index is 12.9. The van der Waals surface area contributed by atoms with Crippen LogP contribution in [0.5, 0.6) is 5.75 Å². The fourth-order valence-corrected chi connectivity index (χ4v) is 5.90. The van der Waals surface area contributed by atoms with Crippen molar-refractivity contribution in [3.05, 3.63) is 24.3 Å². The average molecular weight is 483 g/mol. The Hall–Kier alpha value is -2.22. The van der Waals surface area contributed by atoms with E-state index in [1.54, 1.807) is 21.7 Å². The molecule has 13 heteroatoms. The third-order valence-corrected chi connectivity index (χ3v) is 8.37. The predicted molar refractivity (Wildman–Crippen MR) is 116 cm³/mol. The maximum atomic E-state index is 12.9. The van der Waals surface area contributed by atoms with Crippen LogP contribution in [-0.4, -0.2) is 95.5 Å². The van der Waals surface area contributed by atoms with E-state index < -0.39 is 10.0 Å². The lowest BCUT2D eigenvalue weighted by Gasteiger charge is -2.34. The normalized spacial score (nSPS) is 19.9. The monoisotopic (exact) mass is 482 g/mol. The Morgan fingerprint density at radius 1 is 1.22 bits per heavy atom. The van der Waals surface area contributed by atoms with Gasteiger partial charge < -0.3 is 14.4 Å². The first-order valence-corrected chi connectivity index (χ1v) is 12.8. The molecule has 1 atom stereocenters. The number of nitrogens with zero attached hydrogens (tertiary/aromatic N) is 6. The minimum Gasteiger partial charge on any atom is -0.497 e. The largest absolute Gasteiger partial charge is 0.497 e. The van der Waals surface area contributed by atoms with Gasteiger partial charge >= 0.3 is 0 Å². The molecule has 2 aromatic rings. The van der Waals surface area contributed by atoms with E-state index in [1.165, 1.54) is 35.3 Å². The number of rotatable bonds is 8. The number of hydrogen-bond acceptors (Lipinski definition) is 9. The Balaban J connectivity index is 1.28. The molecule has 174 valence electrons. The first-order chi connectivity index (χ1) is 15.5. The van der Waals surface area contributed by atoms with Gasteiger partial charge in [-0.05, 0) is 47.5 Å². The number of carbonyl (C=O) groups excluding carboxylic acids is 1. The molecule has 2 aliphatic rings. The third kappa shape index (κ3) is 5.22. The van der Waals surface area contributed by atoms with E-state index in [1.807, 2.05) is 0 Å². The molecule has 2 aliphatic heterocycles. The van der Waals surface area contributed by atoms with Crippen LogP contribution in [-0.2, 0) is 26.1 Å². The van der Waals surface area contributed by atoms with Crippen molar-refractivity contribution in [2.75, 3.05) is 45.6 Å². The first-order valence-electron chi connectivity index (χ1n) is 10.4. The highest BCUT2D eigenvalue weighted by Crippen LogP contribution is 2.22. The number of thioether (sulfide) groups is 1. The van der Waals surface area contributed by atoms with Crippen LogP contribution in [0.4, 0.5) is 0 Å². The van der Waals surface area contributed by atoms with E-state index in [2.05, 4.69) is 15.5 Å². The Labute approximate surface area is 191 Å². The number of sulfonamides is 1. The molecule has 0 N–H and O–H groups in total. The minimum atomic E-state index is -3.61. The number of tetrazole rings is 1.